The van der Waals surface area contributed by atoms with E-state index in [0.717, 1.165) is 53.7 Å². The number of carbonyl (C=O) groups is 1. The normalized spacial score (nSPS) is 16.9. The highest BCUT2D eigenvalue weighted by Crippen LogP contribution is 2.52. The standard InChI is InChI=1S/C26H28N4O4S/c1-2-35(34)19-8-5-17(6-9-19)14-27-25(33)30-15-26(11-3-4-12-26)20-13-18(7-10-21(20)30)22-23(31)28-16-29-24(22)32/h5-10,13,16H,2-4,11-12,14-15H2,1H3,(H,27,33)(H2,28,29,31,32). The molecule has 1 spiro atoms. The van der Waals surface area contributed by atoms with Crippen LogP contribution in [0.3, 0.4) is 0 Å². The molecule has 9 heteroatoms. The number of aromatic hydroxyl groups is 2. The Hall–Kier alpha value is -3.30. The van der Waals surface area contributed by atoms with Crippen molar-refractivity contribution in [3.8, 4) is 22.9 Å². The second kappa shape index (κ2) is 9.39. The zero-order chi connectivity index (χ0) is 24.6. The second-order valence-corrected chi connectivity index (χ2v) is 10.9. The van der Waals surface area contributed by atoms with Crippen LogP contribution in [0.1, 0.15) is 43.7 Å². The van der Waals surface area contributed by atoms with Gasteiger partial charge < -0.3 is 20.1 Å². The minimum atomic E-state index is -0.997. The number of benzene rings is 2. The van der Waals surface area contributed by atoms with E-state index in [1.165, 1.54) is 0 Å². The van der Waals surface area contributed by atoms with Gasteiger partial charge in [0.15, 0.2) is 4.90 Å². The summed E-state index contributed by atoms with van der Waals surface area (Å²) in [5.41, 5.74) is 3.51. The third-order valence-corrected chi connectivity index (χ3v) is 8.44. The third kappa shape index (κ3) is 4.30. The fraction of sp³-hybridized carbons (Fsp3) is 0.346. The zero-order valence-corrected chi connectivity index (χ0v) is 20.3. The maximum absolute atomic E-state index is 13.3. The minimum Gasteiger partial charge on any atom is -0.611 e. The SMILES string of the molecule is CC[S+]([O-])c1ccc(CNC(=O)N2CC3(CCCC3)c3cc(-c4c(O)ncnc4O)ccc32)cc1. The predicted molar refractivity (Wildman–Crippen MR) is 134 cm³/mol. The molecule has 3 N–H and O–H groups in total. The first-order chi connectivity index (χ1) is 16.9. The van der Waals surface area contributed by atoms with Gasteiger partial charge in [-0.05, 0) is 71.9 Å². The Labute approximate surface area is 207 Å². The average molecular weight is 493 g/mol. The molecule has 5 rings (SSSR count). The quantitative estimate of drug-likeness (QED) is 0.459. The molecule has 2 heterocycles. The average Bonchev–Trinajstić information content (AvgIpc) is 3.47. The number of aromatic nitrogens is 2. The number of hydrogen-bond donors (Lipinski definition) is 3. The number of nitrogens with zero attached hydrogens (tertiary/aromatic N) is 3. The molecule has 0 saturated heterocycles. The molecule has 35 heavy (non-hydrogen) atoms. The summed E-state index contributed by atoms with van der Waals surface area (Å²) in [4.78, 5) is 23.5. The van der Waals surface area contributed by atoms with E-state index in [9.17, 15) is 19.6 Å². The maximum Gasteiger partial charge on any atom is 0.322 e. The predicted octanol–water partition coefficient (Wildman–Crippen LogP) is 4.22. The lowest BCUT2D eigenvalue weighted by Gasteiger charge is -2.25. The highest BCUT2D eigenvalue weighted by atomic mass is 32.2. The molecule has 0 radical (unpaired) electrons. The molecule has 1 saturated carbocycles. The van der Waals surface area contributed by atoms with Gasteiger partial charge in [0.05, 0.1) is 0 Å². The van der Waals surface area contributed by atoms with Gasteiger partial charge in [-0.15, -0.1) is 0 Å². The Bertz CT molecular complexity index is 1220. The first kappa shape index (κ1) is 23.4. The lowest BCUT2D eigenvalue weighted by atomic mass is 9.80. The first-order valence-corrected chi connectivity index (χ1v) is 13.1. The van der Waals surface area contributed by atoms with Crippen molar-refractivity contribution in [2.24, 2.45) is 0 Å². The van der Waals surface area contributed by atoms with E-state index in [-0.39, 0.29) is 28.8 Å². The van der Waals surface area contributed by atoms with Gasteiger partial charge in [0.2, 0.25) is 11.8 Å². The molecule has 2 amide bonds. The molecule has 1 atom stereocenters. The van der Waals surface area contributed by atoms with E-state index in [1.54, 1.807) is 11.0 Å². The van der Waals surface area contributed by atoms with E-state index < -0.39 is 11.2 Å². The number of amides is 2. The number of nitrogens with one attached hydrogen (secondary N) is 1. The van der Waals surface area contributed by atoms with Crippen molar-refractivity contribution in [1.29, 1.82) is 0 Å². The summed E-state index contributed by atoms with van der Waals surface area (Å²) in [5, 5.41) is 23.5. The van der Waals surface area contributed by atoms with Crippen molar-refractivity contribution in [3.05, 3.63) is 59.9 Å². The van der Waals surface area contributed by atoms with Crippen LogP contribution in [-0.2, 0) is 23.1 Å². The summed E-state index contributed by atoms with van der Waals surface area (Å²) in [6, 6.07) is 12.9. The van der Waals surface area contributed by atoms with Gasteiger partial charge in [-0.25, -0.2) is 14.8 Å². The van der Waals surface area contributed by atoms with Crippen LogP contribution >= 0.6 is 0 Å². The number of fused-ring (bicyclic) bond motifs is 2. The van der Waals surface area contributed by atoms with Crippen LogP contribution in [0.4, 0.5) is 10.5 Å². The van der Waals surface area contributed by atoms with Gasteiger partial charge in [-0.1, -0.05) is 31.0 Å². The highest BCUT2D eigenvalue weighted by Gasteiger charge is 2.46. The largest absolute Gasteiger partial charge is 0.611 e. The van der Waals surface area contributed by atoms with E-state index in [1.807, 2.05) is 43.3 Å². The van der Waals surface area contributed by atoms with Crippen molar-refractivity contribution < 1.29 is 19.6 Å². The monoisotopic (exact) mass is 492 g/mol. The molecule has 2 aromatic carbocycles. The van der Waals surface area contributed by atoms with Crippen LogP contribution in [0, 0.1) is 0 Å². The fourth-order valence-electron chi connectivity index (χ4n) is 5.31. The lowest BCUT2D eigenvalue weighted by molar-refractivity contribution is 0.245. The van der Waals surface area contributed by atoms with Crippen LogP contribution in [0.25, 0.3) is 11.1 Å². The highest BCUT2D eigenvalue weighted by molar-refractivity contribution is 7.91. The zero-order valence-electron chi connectivity index (χ0n) is 19.5. The summed E-state index contributed by atoms with van der Waals surface area (Å²) in [5.74, 6) is 0.0170. The first-order valence-electron chi connectivity index (χ1n) is 11.8. The van der Waals surface area contributed by atoms with Gasteiger partial charge in [-0.2, -0.15) is 0 Å². The number of hydrogen-bond acceptors (Lipinski definition) is 6. The minimum absolute atomic E-state index is 0.143. The molecule has 182 valence electrons. The fourth-order valence-corrected chi connectivity index (χ4v) is 6.08. The number of anilines is 1. The Kier molecular flexibility index (Phi) is 6.29. The molecule has 3 aromatic rings. The summed E-state index contributed by atoms with van der Waals surface area (Å²) in [6.07, 6.45) is 5.26. The summed E-state index contributed by atoms with van der Waals surface area (Å²) in [7, 11) is 0. The van der Waals surface area contributed by atoms with Crippen LogP contribution in [-0.4, -0.2) is 43.1 Å². The lowest BCUT2D eigenvalue weighted by Crippen LogP contribution is -2.41. The van der Waals surface area contributed by atoms with Gasteiger partial charge in [-0.3, -0.25) is 4.90 Å². The number of urea groups is 1. The molecular formula is C26H28N4O4S. The summed E-state index contributed by atoms with van der Waals surface area (Å²) >= 11 is -0.997. The number of rotatable bonds is 5. The Morgan fingerprint density at radius 1 is 1.11 bits per heavy atom. The van der Waals surface area contributed by atoms with Crippen molar-refractivity contribution in [3.63, 3.8) is 0 Å². The van der Waals surface area contributed by atoms with E-state index in [0.29, 0.717) is 24.4 Å². The molecular weight excluding hydrogens is 464 g/mol. The van der Waals surface area contributed by atoms with E-state index in [2.05, 4.69) is 15.3 Å². The topological polar surface area (TPSA) is 122 Å². The molecule has 1 unspecified atom stereocenters. The van der Waals surface area contributed by atoms with Crippen LogP contribution < -0.4 is 10.2 Å². The molecule has 1 aromatic heterocycles. The van der Waals surface area contributed by atoms with Gasteiger partial charge in [0.25, 0.3) is 0 Å². The van der Waals surface area contributed by atoms with Gasteiger partial charge in [0.1, 0.15) is 17.6 Å². The molecule has 1 aliphatic heterocycles. The van der Waals surface area contributed by atoms with Crippen LogP contribution in [0.15, 0.2) is 53.7 Å². The number of carbonyl (C=O) groups excluding carboxylic acids is 1. The summed E-state index contributed by atoms with van der Waals surface area (Å²) in [6.45, 7) is 2.85. The van der Waals surface area contributed by atoms with Gasteiger partial charge >= 0.3 is 6.03 Å². The molecule has 1 fully saturated rings. The van der Waals surface area contributed by atoms with Crippen molar-refractivity contribution in [1.82, 2.24) is 15.3 Å². The van der Waals surface area contributed by atoms with Crippen molar-refractivity contribution in [2.75, 3.05) is 17.2 Å². The Morgan fingerprint density at radius 3 is 2.46 bits per heavy atom. The van der Waals surface area contributed by atoms with Gasteiger partial charge in [0, 0.05) is 24.2 Å². The van der Waals surface area contributed by atoms with Crippen LogP contribution in [0.2, 0.25) is 0 Å². The molecule has 0 bridgehead atoms. The summed E-state index contributed by atoms with van der Waals surface area (Å²) < 4.78 is 12.0. The van der Waals surface area contributed by atoms with E-state index >= 15 is 0 Å². The molecule has 8 nitrogen and oxygen atoms in total. The molecule has 1 aliphatic carbocycles. The van der Waals surface area contributed by atoms with Crippen molar-refractivity contribution >= 4 is 22.9 Å². The maximum atomic E-state index is 13.3. The molecule has 2 aliphatic rings. The van der Waals surface area contributed by atoms with Crippen molar-refractivity contribution in [2.45, 2.75) is 49.5 Å². The smallest absolute Gasteiger partial charge is 0.322 e. The second-order valence-electron chi connectivity index (χ2n) is 9.14. The Balaban J connectivity index is 1.39. The third-order valence-electron chi connectivity index (χ3n) is 7.11. The Morgan fingerprint density at radius 2 is 1.80 bits per heavy atom. The van der Waals surface area contributed by atoms with Crippen LogP contribution in [0.5, 0.6) is 11.8 Å². The van der Waals surface area contributed by atoms with E-state index in [4.69, 9.17) is 0 Å².